The minimum Gasteiger partial charge on any atom is -0.272 e. The Morgan fingerprint density at radius 3 is 2.69 bits per heavy atom. The van der Waals surface area contributed by atoms with E-state index in [9.17, 15) is 9.18 Å². The molecule has 2 N–H and O–H groups in total. The number of rotatable bonds is 4. The Bertz CT molecular complexity index is 1250. The number of H-pyrrole nitrogens is 1. The molecule has 6 heteroatoms. The zero-order valence-electron chi connectivity index (χ0n) is 15.4. The number of aromatic nitrogens is 2. The van der Waals surface area contributed by atoms with Gasteiger partial charge in [0.2, 0.25) is 0 Å². The smallest absolute Gasteiger partial charge is 0.272 e. The summed E-state index contributed by atoms with van der Waals surface area (Å²) in [5.41, 5.74) is 7.90. The SMILES string of the molecule is O=C(NN=Cc1ccc(F)cc1)c1cc(-c2ccc3c4c(cccc24)CC3)n[nH]1. The van der Waals surface area contributed by atoms with E-state index in [-0.39, 0.29) is 5.82 Å². The molecule has 1 amide bonds. The van der Waals surface area contributed by atoms with Gasteiger partial charge in [0.25, 0.3) is 5.91 Å². The summed E-state index contributed by atoms with van der Waals surface area (Å²) in [4.78, 5) is 12.4. The third-order valence-electron chi connectivity index (χ3n) is 5.23. The van der Waals surface area contributed by atoms with Crippen molar-refractivity contribution in [2.75, 3.05) is 0 Å². The number of hydrazone groups is 1. The molecule has 0 atom stereocenters. The molecule has 1 aromatic heterocycles. The monoisotopic (exact) mass is 384 g/mol. The lowest BCUT2D eigenvalue weighted by Crippen LogP contribution is -2.17. The molecular formula is C23H17FN4O. The molecule has 4 aromatic rings. The van der Waals surface area contributed by atoms with E-state index in [0.29, 0.717) is 17.0 Å². The van der Waals surface area contributed by atoms with Crippen molar-refractivity contribution >= 4 is 22.9 Å². The normalized spacial score (nSPS) is 12.7. The Morgan fingerprint density at radius 1 is 1.07 bits per heavy atom. The predicted molar refractivity (Wildman–Crippen MR) is 110 cm³/mol. The highest BCUT2D eigenvalue weighted by atomic mass is 19.1. The van der Waals surface area contributed by atoms with Crippen LogP contribution in [0.25, 0.3) is 22.0 Å². The number of carbonyl (C=O) groups is 1. The largest absolute Gasteiger partial charge is 0.289 e. The maximum absolute atomic E-state index is 12.9. The molecule has 0 aliphatic heterocycles. The van der Waals surface area contributed by atoms with Crippen molar-refractivity contribution in [3.63, 3.8) is 0 Å². The number of carbonyl (C=O) groups excluding carboxylic acids is 1. The fraction of sp³-hybridized carbons (Fsp3) is 0.0870. The van der Waals surface area contributed by atoms with Crippen LogP contribution >= 0.6 is 0 Å². The molecule has 0 bridgehead atoms. The van der Waals surface area contributed by atoms with Gasteiger partial charge < -0.3 is 0 Å². The van der Waals surface area contributed by atoms with Crippen molar-refractivity contribution in [2.45, 2.75) is 12.8 Å². The fourth-order valence-corrected chi connectivity index (χ4v) is 3.82. The summed E-state index contributed by atoms with van der Waals surface area (Å²) in [5, 5.41) is 13.5. The average Bonchev–Trinajstić information content (AvgIpc) is 3.39. The number of halogens is 1. The molecular weight excluding hydrogens is 367 g/mol. The van der Waals surface area contributed by atoms with Gasteiger partial charge in [0.1, 0.15) is 11.5 Å². The summed E-state index contributed by atoms with van der Waals surface area (Å²) in [7, 11) is 0. The third kappa shape index (κ3) is 3.18. The number of aromatic amines is 1. The van der Waals surface area contributed by atoms with Crippen LogP contribution in [0.3, 0.4) is 0 Å². The van der Waals surface area contributed by atoms with Crippen LogP contribution in [0.4, 0.5) is 4.39 Å². The summed E-state index contributed by atoms with van der Waals surface area (Å²) in [6.45, 7) is 0. The number of nitrogens with one attached hydrogen (secondary N) is 2. The van der Waals surface area contributed by atoms with Crippen LogP contribution in [0.5, 0.6) is 0 Å². The maximum atomic E-state index is 12.9. The Hall–Kier alpha value is -3.80. The van der Waals surface area contributed by atoms with Crippen LogP contribution in [-0.2, 0) is 12.8 Å². The first-order chi connectivity index (χ1) is 14.2. The topological polar surface area (TPSA) is 70.1 Å². The van der Waals surface area contributed by atoms with Gasteiger partial charge in [-0.2, -0.15) is 10.2 Å². The van der Waals surface area contributed by atoms with Crippen LogP contribution < -0.4 is 5.43 Å². The van der Waals surface area contributed by atoms with Gasteiger partial charge in [-0.25, -0.2) is 9.82 Å². The third-order valence-corrected chi connectivity index (χ3v) is 5.23. The summed E-state index contributed by atoms with van der Waals surface area (Å²) >= 11 is 0. The molecule has 0 radical (unpaired) electrons. The van der Waals surface area contributed by atoms with Gasteiger partial charge in [-0.05, 0) is 58.5 Å². The lowest BCUT2D eigenvalue weighted by Gasteiger charge is -2.06. The van der Waals surface area contributed by atoms with Crippen molar-refractivity contribution in [1.29, 1.82) is 0 Å². The summed E-state index contributed by atoms with van der Waals surface area (Å²) in [5.74, 6) is -0.716. The first-order valence-corrected chi connectivity index (χ1v) is 9.37. The minimum absolute atomic E-state index is 0.319. The molecule has 0 unspecified atom stereocenters. The molecule has 1 aliphatic rings. The minimum atomic E-state index is -0.395. The lowest BCUT2D eigenvalue weighted by atomic mass is 9.98. The van der Waals surface area contributed by atoms with E-state index in [2.05, 4.69) is 51.1 Å². The van der Waals surface area contributed by atoms with Gasteiger partial charge in [0.05, 0.1) is 11.9 Å². The molecule has 0 saturated heterocycles. The van der Waals surface area contributed by atoms with Gasteiger partial charge in [0, 0.05) is 5.56 Å². The Labute approximate surface area is 166 Å². The molecule has 0 saturated carbocycles. The van der Waals surface area contributed by atoms with Gasteiger partial charge in [-0.3, -0.25) is 9.89 Å². The quantitative estimate of drug-likeness (QED) is 0.408. The second-order valence-electron chi connectivity index (χ2n) is 7.03. The van der Waals surface area contributed by atoms with Crippen molar-refractivity contribution < 1.29 is 9.18 Å². The van der Waals surface area contributed by atoms with Crippen LogP contribution in [0.15, 0.2) is 65.8 Å². The Kier molecular flexibility index (Phi) is 4.17. The number of aryl methyl sites for hydroxylation is 2. The highest BCUT2D eigenvalue weighted by molar-refractivity contribution is 6.02. The van der Waals surface area contributed by atoms with Gasteiger partial charge in [-0.15, -0.1) is 0 Å². The number of hydrogen-bond acceptors (Lipinski definition) is 3. The average molecular weight is 384 g/mol. The van der Waals surface area contributed by atoms with E-state index in [1.54, 1.807) is 18.2 Å². The number of amides is 1. The molecule has 0 fully saturated rings. The van der Waals surface area contributed by atoms with Crippen molar-refractivity contribution in [2.24, 2.45) is 5.10 Å². The van der Waals surface area contributed by atoms with Gasteiger partial charge in [-0.1, -0.05) is 42.5 Å². The Morgan fingerprint density at radius 2 is 1.86 bits per heavy atom. The van der Waals surface area contributed by atoms with Crippen LogP contribution in [0.2, 0.25) is 0 Å². The zero-order chi connectivity index (χ0) is 19.8. The standard InChI is InChI=1S/C23H17FN4O/c24-17-9-4-14(5-10-17)13-25-28-23(29)21-12-20(26-27-21)18-11-8-16-7-6-15-2-1-3-19(18)22(15)16/h1-5,8-13H,6-7H2,(H,26,27)(H,28,29). The molecule has 3 aromatic carbocycles. The number of nitrogens with zero attached hydrogens (tertiary/aromatic N) is 2. The molecule has 5 rings (SSSR count). The van der Waals surface area contributed by atoms with E-state index in [4.69, 9.17) is 0 Å². The van der Waals surface area contributed by atoms with E-state index >= 15 is 0 Å². The van der Waals surface area contributed by atoms with E-state index in [0.717, 1.165) is 23.8 Å². The Balaban J connectivity index is 1.38. The summed E-state index contributed by atoms with van der Waals surface area (Å²) in [6.07, 6.45) is 3.59. The van der Waals surface area contributed by atoms with Crippen molar-refractivity contribution in [3.8, 4) is 11.3 Å². The molecule has 1 aliphatic carbocycles. The van der Waals surface area contributed by atoms with Crippen molar-refractivity contribution in [3.05, 3.63) is 88.9 Å². The fourth-order valence-electron chi connectivity index (χ4n) is 3.82. The van der Waals surface area contributed by atoms with E-state index in [1.807, 2.05) is 0 Å². The molecule has 0 spiro atoms. The molecule has 142 valence electrons. The maximum Gasteiger partial charge on any atom is 0.289 e. The number of benzene rings is 3. The summed E-state index contributed by atoms with van der Waals surface area (Å²) < 4.78 is 12.9. The van der Waals surface area contributed by atoms with Crippen molar-refractivity contribution in [1.82, 2.24) is 15.6 Å². The van der Waals surface area contributed by atoms with Gasteiger partial charge in [0.15, 0.2) is 0 Å². The first-order valence-electron chi connectivity index (χ1n) is 9.37. The zero-order valence-corrected chi connectivity index (χ0v) is 15.4. The number of hydrogen-bond donors (Lipinski definition) is 2. The predicted octanol–water partition coefficient (Wildman–Crippen LogP) is 4.23. The summed E-state index contributed by atoms with van der Waals surface area (Å²) in [6, 6.07) is 18.1. The second kappa shape index (κ2) is 6.98. The highest BCUT2D eigenvalue weighted by Gasteiger charge is 2.18. The highest BCUT2D eigenvalue weighted by Crippen LogP contribution is 2.36. The van der Waals surface area contributed by atoms with Crippen LogP contribution in [0, 0.1) is 5.82 Å². The van der Waals surface area contributed by atoms with Gasteiger partial charge >= 0.3 is 0 Å². The second-order valence-corrected chi connectivity index (χ2v) is 7.03. The first kappa shape index (κ1) is 17.3. The molecule has 29 heavy (non-hydrogen) atoms. The lowest BCUT2D eigenvalue weighted by molar-refractivity contribution is 0.0950. The van der Waals surface area contributed by atoms with E-state index < -0.39 is 5.91 Å². The molecule has 5 nitrogen and oxygen atoms in total. The molecule has 1 heterocycles. The van der Waals surface area contributed by atoms with Crippen LogP contribution in [0.1, 0.15) is 27.2 Å². The van der Waals surface area contributed by atoms with Crippen LogP contribution in [-0.4, -0.2) is 22.3 Å². The van der Waals surface area contributed by atoms with E-state index in [1.165, 1.54) is 34.9 Å².